The van der Waals surface area contributed by atoms with Gasteiger partial charge in [0.15, 0.2) is 0 Å². The Bertz CT molecular complexity index is 449. The van der Waals surface area contributed by atoms with Crippen molar-refractivity contribution in [3.05, 3.63) is 46.3 Å². The molecular weight excluding hydrogens is 247 g/mol. The van der Waals surface area contributed by atoms with Crippen LogP contribution in [0.15, 0.2) is 35.4 Å². The van der Waals surface area contributed by atoms with Crippen molar-refractivity contribution in [1.29, 1.82) is 0 Å². The van der Waals surface area contributed by atoms with E-state index in [-0.39, 0.29) is 6.54 Å². The number of halogens is 1. The second kappa shape index (κ2) is 6.52. The second-order valence-electron chi connectivity index (χ2n) is 4.76. The molecule has 102 valence electrons. The van der Waals surface area contributed by atoms with Gasteiger partial charge in [-0.25, -0.2) is 4.39 Å². The van der Waals surface area contributed by atoms with E-state index in [4.69, 9.17) is 5.53 Å². The summed E-state index contributed by atoms with van der Waals surface area (Å²) in [6, 6.07) is 8.75. The highest BCUT2D eigenvalue weighted by Gasteiger charge is 2.29. The third-order valence-corrected chi connectivity index (χ3v) is 3.41. The van der Waals surface area contributed by atoms with Crippen molar-refractivity contribution >= 4 is 0 Å². The number of aliphatic hydroxyl groups excluding tert-OH is 1. The SMILES string of the molecule is [N-]=[N+]=N[C@@H]1CCN(CC(O)c2ccccc2)C[C@H]1F. The Hall–Kier alpha value is -1.62. The molecule has 0 spiro atoms. The number of alkyl halides is 1. The summed E-state index contributed by atoms with van der Waals surface area (Å²) in [4.78, 5) is 4.53. The number of piperidine rings is 1. The van der Waals surface area contributed by atoms with E-state index >= 15 is 0 Å². The van der Waals surface area contributed by atoms with Crippen LogP contribution in [0.1, 0.15) is 18.1 Å². The molecule has 1 saturated heterocycles. The molecule has 5 nitrogen and oxygen atoms in total. The molecular formula is C13H17FN4O. The van der Waals surface area contributed by atoms with Crippen LogP contribution >= 0.6 is 0 Å². The van der Waals surface area contributed by atoms with Crippen LogP contribution in [0.25, 0.3) is 10.4 Å². The van der Waals surface area contributed by atoms with Crippen LogP contribution in [0.2, 0.25) is 0 Å². The molecule has 1 fully saturated rings. The summed E-state index contributed by atoms with van der Waals surface area (Å²) in [6.07, 6.45) is -1.29. The second-order valence-corrected chi connectivity index (χ2v) is 4.76. The van der Waals surface area contributed by atoms with E-state index in [0.29, 0.717) is 19.5 Å². The first-order valence-electron chi connectivity index (χ1n) is 6.34. The van der Waals surface area contributed by atoms with Crippen molar-refractivity contribution in [3.8, 4) is 0 Å². The lowest BCUT2D eigenvalue weighted by Gasteiger charge is -2.33. The zero-order valence-electron chi connectivity index (χ0n) is 10.6. The first-order valence-corrected chi connectivity index (χ1v) is 6.34. The molecule has 1 N–H and O–H groups in total. The van der Waals surface area contributed by atoms with E-state index in [2.05, 4.69) is 10.0 Å². The average Bonchev–Trinajstić information content (AvgIpc) is 2.43. The van der Waals surface area contributed by atoms with Gasteiger partial charge in [-0.15, -0.1) is 0 Å². The monoisotopic (exact) mass is 264 g/mol. The maximum Gasteiger partial charge on any atom is 0.121 e. The molecule has 1 heterocycles. The Morgan fingerprint density at radius 3 is 2.84 bits per heavy atom. The molecule has 1 aromatic carbocycles. The number of aliphatic hydroxyl groups is 1. The molecule has 1 aliphatic heterocycles. The van der Waals surface area contributed by atoms with Crippen molar-refractivity contribution in [3.63, 3.8) is 0 Å². The van der Waals surface area contributed by atoms with Gasteiger partial charge in [0.1, 0.15) is 6.17 Å². The van der Waals surface area contributed by atoms with Crippen molar-refractivity contribution < 1.29 is 9.50 Å². The van der Waals surface area contributed by atoms with Gasteiger partial charge >= 0.3 is 0 Å². The minimum absolute atomic E-state index is 0.202. The highest BCUT2D eigenvalue weighted by molar-refractivity contribution is 5.17. The van der Waals surface area contributed by atoms with E-state index in [1.165, 1.54) is 0 Å². The zero-order valence-corrected chi connectivity index (χ0v) is 10.6. The number of rotatable bonds is 4. The minimum atomic E-state index is -1.16. The lowest BCUT2D eigenvalue weighted by atomic mass is 10.0. The van der Waals surface area contributed by atoms with Crippen LogP contribution in [-0.2, 0) is 0 Å². The van der Waals surface area contributed by atoms with Crippen LogP contribution in [-0.4, -0.2) is 41.9 Å². The Labute approximate surface area is 111 Å². The standard InChI is InChI=1S/C13H17FN4O/c14-11-8-18(7-6-12(11)16-17-15)9-13(19)10-4-2-1-3-5-10/h1-5,11-13,19H,6-9H2/t11-,12-,13?/m1/s1. The Morgan fingerprint density at radius 2 is 2.21 bits per heavy atom. The Balaban J connectivity index is 1.89. The quantitative estimate of drug-likeness (QED) is 0.515. The average molecular weight is 264 g/mol. The van der Waals surface area contributed by atoms with Crippen molar-refractivity contribution in [2.24, 2.45) is 5.11 Å². The number of azide groups is 1. The lowest BCUT2D eigenvalue weighted by molar-refractivity contribution is 0.0647. The smallest absolute Gasteiger partial charge is 0.121 e. The first kappa shape index (κ1) is 13.8. The maximum absolute atomic E-state index is 13.7. The van der Waals surface area contributed by atoms with Crippen LogP contribution in [0, 0.1) is 0 Å². The summed E-state index contributed by atoms with van der Waals surface area (Å²) < 4.78 is 13.7. The van der Waals surface area contributed by atoms with Crippen LogP contribution < -0.4 is 0 Å². The van der Waals surface area contributed by atoms with Gasteiger partial charge in [0.05, 0.1) is 12.1 Å². The predicted octanol–water partition coefficient (Wildman–Crippen LogP) is 2.44. The van der Waals surface area contributed by atoms with E-state index in [0.717, 1.165) is 5.56 Å². The van der Waals surface area contributed by atoms with E-state index < -0.39 is 18.3 Å². The largest absolute Gasteiger partial charge is 0.387 e. The van der Waals surface area contributed by atoms with Gasteiger partial charge in [-0.05, 0) is 24.1 Å². The topological polar surface area (TPSA) is 72.2 Å². The number of benzene rings is 1. The van der Waals surface area contributed by atoms with Crippen molar-refractivity contribution in [2.45, 2.75) is 24.7 Å². The molecule has 0 aliphatic carbocycles. The fourth-order valence-corrected chi connectivity index (χ4v) is 2.34. The fraction of sp³-hybridized carbons (Fsp3) is 0.538. The number of hydrogen-bond acceptors (Lipinski definition) is 3. The highest BCUT2D eigenvalue weighted by Crippen LogP contribution is 2.20. The lowest BCUT2D eigenvalue weighted by Crippen LogP contribution is -2.45. The van der Waals surface area contributed by atoms with E-state index in [1.807, 2.05) is 35.2 Å². The number of likely N-dealkylation sites (tertiary alicyclic amines) is 1. The van der Waals surface area contributed by atoms with Gasteiger partial charge < -0.3 is 5.11 Å². The summed E-state index contributed by atoms with van der Waals surface area (Å²) in [7, 11) is 0. The van der Waals surface area contributed by atoms with Crippen LogP contribution in [0.5, 0.6) is 0 Å². The molecule has 2 rings (SSSR count). The molecule has 0 bridgehead atoms. The molecule has 0 amide bonds. The van der Waals surface area contributed by atoms with Crippen LogP contribution in [0.3, 0.4) is 0 Å². The molecule has 3 atom stereocenters. The highest BCUT2D eigenvalue weighted by atomic mass is 19.1. The third-order valence-electron chi connectivity index (χ3n) is 3.41. The normalized spacial score (nSPS) is 25.6. The minimum Gasteiger partial charge on any atom is -0.387 e. The molecule has 0 aromatic heterocycles. The van der Waals surface area contributed by atoms with E-state index in [1.54, 1.807) is 0 Å². The molecule has 6 heteroatoms. The molecule has 19 heavy (non-hydrogen) atoms. The third kappa shape index (κ3) is 3.67. The maximum atomic E-state index is 13.7. The molecule has 1 aromatic rings. The zero-order chi connectivity index (χ0) is 13.7. The van der Waals surface area contributed by atoms with Crippen molar-refractivity contribution in [1.82, 2.24) is 4.90 Å². The molecule has 1 aliphatic rings. The molecule has 0 saturated carbocycles. The van der Waals surface area contributed by atoms with Crippen molar-refractivity contribution in [2.75, 3.05) is 19.6 Å². The number of β-amino-alcohol motifs (C(OH)–C–C–N with tert-alkyl or cyclic N) is 1. The van der Waals surface area contributed by atoms with E-state index in [9.17, 15) is 9.50 Å². The van der Waals surface area contributed by atoms with Crippen LogP contribution in [0.4, 0.5) is 4.39 Å². The van der Waals surface area contributed by atoms with Gasteiger partial charge in [0.2, 0.25) is 0 Å². The van der Waals surface area contributed by atoms with Gasteiger partial charge in [-0.2, -0.15) is 0 Å². The molecule has 1 unspecified atom stereocenters. The number of nitrogens with zero attached hydrogens (tertiary/aromatic N) is 4. The van der Waals surface area contributed by atoms with Gasteiger partial charge in [0.25, 0.3) is 0 Å². The molecule has 0 radical (unpaired) electrons. The first-order chi connectivity index (χ1) is 9.20. The van der Waals surface area contributed by atoms with Gasteiger partial charge in [0, 0.05) is 18.0 Å². The fourth-order valence-electron chi connectivity index (χ4n) is 2.34. The summed E-state index contributed by atoms with van der Waals surface area (Å²) in [5.74, 6) is 0. The summed E-state index contributed by atoms with van der Waals surface area (Å²) >= 11 is 0. The van der Waals surface area contributed by atoms with Gasteiger partial charge in [-0.1, -0.05) is 35.4 Å². The predicted molar refractivity (Wildman–Crippen MR) is 70.3 cm³/mol. The number of hydrogen-bond donors (Lipinski definition) is 1. The Kier molecular flexibility index (Phi) is 4.74. The summed E-state index contributed by atoms with van der Waals surface area (Å²) in [5.41, 5.74) is 9.16. The summed E-state index contributed by atoms with van der Waals surface area (Å²) in [5, 5.41) is 13.5. The Morgan fingerprint density at radius 1 is 1.47 bits per heavy atom. The van der Waals surface area contributed by atoms with Gasteiger partial charge in [-0.3, -0.25) is 4.90 Å². The summed E-state index contributed by atoms with van der Waals surface area (Å²) in [6.45, 7) is 1.23.